The molecule has 0 bridgehead atoms. The Morgan fingerprint density at radius 3 is 2.91 bits per heavy atom. The van der Waals surface area contributed by atoms with Crippen LogP contribution in [0.25, 0.3) is 11.4 Å². The average molecular weight is 315 g/mol. The van der Waals surface area contributed by atoms with E-state index in [4.69, 9.17) is 4.52 Å². The van der Waals surface area contributed by atoms with Gasteiger partial charge in [-0.25, -0.2) is 4.98 Å². The molecule has 0 spiro atoms. The Bertz CT molecular complexity index is 768. The minimum atomic E-state index is -0.202. The molecule has 112 valence electrons. The van der Waals surface area contributed by atoms with Crippen molar-refractivity contribution >= 4 is 23.6 Å². The molecule has 1 amide bonds. The van der Waals surface area contributed by atoms with Crippen LogP contribution in [0, 0.1) is 6.92 Å². The zero-order chi connectivity index (χ0) is 15.4. The maximum atomic E-state index is 11.8. The zero-order valence-corrected chi connectivity index (χ0v) is 12.6. The standard InChI is InChI=1S/C14H13N5O2S/c1-9-7-12(21-19-9)15-11(20)8-22-14-16-13(17-18-14)10-5-3-2-4-6-10/h2-7H,8H2,1H3,(H,15,20)(H,16,17,18). The fraction of sp³-hybridized carbons (Fsp3) is 0.143. The van der Waals surface area contributed by atoms with Crippen molar-refractivity contribution < 1.29 is 9.32 Å². The second-order valence-electron chi connectivity index (χ2n) is 4.50. The van der Waals surface area contributed by atoms with E-state index in [1.807, 2.05) is 30.3 Å². The van der Waals surface area contributed by atoms with Gasteiger partial charge in [0.25, 0.3) is 0 Å². The Morgan fingerprint density at radius 2 is 2.18 bits per heavy atom. The number of thioether (sulfide) groups is 1. The molecule has 0 saturated carbocycles. The Balaban J connectivity index is 1.56. The van der Waals surface area contributed by atoms with Gasteiger partial charge >= 0.3 is 0 Å². The van der Waals surface area contributed by atoms with Gasteiger partial charge in [-0.2, -0.15) is 0 Å². The fourth-order valence-corrected chi connectivity index (χ4v) is 2.36. The van der Waals surface area contributed by atoms with Gasteiger partial charge in [-0.15, -0.1) is 5.10 Å². The predicted octanol–water partition coefficient (Wildman–Crippen LogP) is 2.50. The molecule has 3 rings (SSSR count). The van der Waals surface area contributed by atoms with Crippen molar-refractivity contribution in [3.8, 4) is 11.4 Å². The van der Waals surface area contributed by atoms with E-state index < -0.39 is 0 Å². The summed E-state index contributed by atoms with van der Waals surface area (Å²) in [7, 11) is 0. The second kappa shape index (κ2) is 6.44. The van der Waals surface area contributed by atoms with Gasteiger partial charge in [0.1, 0.15) is 0 Å². The molecule has 0 unspecified atom stereocenters. The van der Waals surface area contributed by atoms with E-state index in [2.05, 4.69) is 25.7 Å². The number of aromatic nitrogens is 4. The Hall–Kier alpha value is -2.61. The molecule has 0 atom stereocenters. The molecule has 0 radical (unpaired) electrons. The van der Waals surface area contributed by atoms with Crippen molar-refractivity contribution in [2.24, 2.45) is 0 Å². The summed E-state index contributed by atoms with van der Waals surface area (Å²) in [5.74, 6) is 0.996. The summed E-state index contributed by atoms with van der Waals surface area (Å²) in [6.45, 7) is 1.78. The van der Waals surface area contributed by atoms with Crippen LogP contribution in [0.3, 0.4) is 0 Å². The van der Waals surface area contributed by atoms with E-state index in [9.17, 15) is 4.79 Å². The van der Waals surface area contributed by atoms with Gasteiger partial charge in [0.2, 0.25) is 16.9 Å². The van der Waals surface area contributed by atoms with Crippen LogP contribution in [-0.2, 0) is 4.79 Å². The van der Waals surface area contributed by atoms with Gasteiger partial charge in [0.15, 0.2) is 5.82 Å². The number of carbonyl (C=O) groups excluding carboxylic acids is 1. The molecule has 8 heteroatoms. The first-order valence-electron chi connectivity index (χ1n) is 6.54. The number of aryl methyl sites for hydroxylation is 1. The minimum absolute atomic E-state index is 0.186. The van der Waals surface area contributed by atoms with E-state index in [0.29, 0.717) is 22.6 Å². The quantitative estimate of drug-likeness (QED) is 0.702. The highest BCUT2D eigenvalue weighted by atomic mass is 32.2. The summed E-state index contributed by atoms with van der Waals surface area (Å²) in [5.41, 5.74) is 1.66. The number of H-pyrrole nitrogens is 1. The van der Waals surface area contributed by atoms with Crippen LogP contribution in [0.4, 0.5) is 5.88 Å². The molecule has 0 fully saturated rings. The van der Waals surface area contributed by atoms with Crippen LogP contribution in [0.1, 0.15) is 5.69 Å². The number of nitrogens with one attached hydrogen (secondary N) is 2. The Labute approximate surface area is 130 Å². The van der Waals surface area contributed by atoms with Crippen molar-refractivity contribution in [1.82, 2.24) is 20.3 Å². The molecule has 0 aliphatic rings. The Kier molecular flexibility index (Phi) is 4.19. The van der Waals surface area contributed by atoms with E-state index in [1.54, 1.807) is 13.0 Å². The van der Waals surface area contributed by atoms with Crippen molar-refractivity contribution in [2.75, 3.05) is 11.1 Å². The fourth-order valence-electron chi connectivity index (χ4n) is 1.76. The second-order valence-corrected chi connectivity index (χ2v) is 5.44. The van der Waals surface area contributed by atoms with Crippen LogP contribution in [0.15, 0.2) is 46.1 Å². The average Bonchev–Trinajstić information content (AvgIpc) is 3.15. The van der Waals surface area contributed by atoms with Gasteiger partial charge in [-0.1, -0.05) is 47.3 Å². The number of carbonyl (C=O) groups is 1. The Morgan fingerprint density at radius 1 is 1.36 bits per heavy atom. The van der Waals surface area contributed by atoms with Gasteiger partial charge in [-0.05, 0) is 6.92 Å². The van der Waals surface area contributed by atoms with E-state index in [1.165, 1.54) is 11.8 Å². The zero-order valence-electron chi connectivity index (χ0n) is 11.7. The summed E-state index contributed by atoms with van der Waals surface area (Å²) in [5, 5.41) is 13.8. The predicted molar refractivity (Wildman–Crippen MR) is 82.4 cm³/mol. The highest BCUT2D eigenvalue weighted by Gasteiger charge is 2.10. The number of amides is 1. The maximum Gasteiger partial charge on any atom is 0.237 e. The minimum Gasteiger partial charge on any atom is -0.338 e. The number of hydrogen-bond acceptors (Lipinski definition) is 6. The molecule has 0 saturated heterocycles. The van der Waals surface area contributed by atoms with E-state index in [-0.39, 0.29) is 11.7 Å². The molecule has 0 aliphatic carbocycles. The normalized spacial score (nSPS) is 10.6. The first kappa shape index (κ1) is 14.3. The SMILES string of the molecule is Cc1cc(NC(=O)CSc2n[nH]c(-c3ccccc3)n2)on1. The van der Waals surface area contributed by atoms with Gasteiger partial charge in [-0.3, -0.25) is 15.2 Å². The third-order valence-electron chi connectivity index (χ3n) is 2.74. The summed E-state index contributed by atoms with van der Waals surface area (Å²) < 4.78 is 4.92. The molecule has 3 aromatic rings. The van der Waals surface area contributed by atoms with Crippen LogP contribution in [0.2, 0.25) is 0 Å². The molecule has 0 aliphatic heterocycles. The summed E-state index contributed by atoms with van der Waals surface area (Å²) >= 11 is 1.24. The van der Waals surface area contributed by atoms with Gasteiger partial charge in [0.05, 0.1) is 11.4 Å². The first-order chi connectivity index (χ1) is 10.7. The first-order valence-corrected chi connectivity index (χ1v) is 7.53. The lowest BCUT2D eigenvalue weighted by atomic mass is 10.2. The van der Waals surface area contributed by atoms with Crippen molar-refractivity contribution in [3.63, 3.8) is 0 Å². The summed E-state index contributed by atoms with van der Waals surface area (Å²) in [4.78, 5) is 16.1. The third-order valence-corrected chi connectivity index (χ3v) is 3.58. The van der Waals surface area contributed by atoms with E-state index in [0.717, 1.165) is 5.56 Å². The molecular weight excluding hydrogens is 302 g/mol. The lowest BCUT2D eigenvalue weighted by molar-refractivity contribution is -0.113. The van der Waals surface area contributed by atoms with Crippen LogP contribution < -0.4 is 5.32 Å². The summed E-state index contributed by atoms with van der Waals surface area (Å²) in [6.07, 6.45) is 0. The topological polar surface area (TPSA) is 96.7 Å². The van der Waals surface area contributed by atoms with Crippen molar-refractivity contribution in [1.29, 1.82) is 0 Å². The number of rotatable bonds is 5. The number of nitrogens with zero attached hydrogens (tertiary/aromatic N) is 3. The van der Waals surface area contributed by atoms with Crippen LogP contribution in [-0.4, -0.2) is 32.0 Å². The molecule has 1 aromatic carbocycles. The number of hydrogen-bond donors (Lipinski definition) is 2. The smallest absolute Gasteiger partial charge is 0.237 e. The van der Waals surface area contributed by atoms with Gasteiger partial charge < -0.3 is 4.52 Å². The summed E-state index contributed by atoms with van der Waals surface area (Å²) in [6, 6.07) is 11.3. The molecule has 2 heterocycles. The molecular formula is C14H13N5O2S. The van der Waals surface area contributed by atoms with Crippen molar-refractivity contribution in [3.05, 3.63) is 42.1 Å². The molecule has 2 N–H and O–H groups in total. The largest absolute Gasteiger partial charge is 0.338 e. The van der Waals surface area contributed by atoms with E-state index >= 15 is 0 Å². The van der Waals surface area contributed by atoms with Crippen LogP contribution in [0.5, 0.6) is 0 Å². The molecule has 22 heavy (non-hydrogen) atoms. The third kappa shape index (κ3) is 3.53. The highest BCUT2D eigenvalue weighted by molar-refractivity contribution is 7.99. The van der Waals surface area contributed by atoms with Crippen LogP contribution >= 0.6 is 11.8 Å². The molecule has 2 aromatic heterocycles. The number of benzene rings is 1. The highest BCUT2D eigenvalue weighted by Crippen LogP contribution is 2.19. The maximum absolute atomic E-state index is 11.8. The number of anilines is 1. The molecule has 7 nitrogen and oxygen atoms in total. The van der Waals surface area contributed by atoms with Gasteiger partial charge in [0, 0.05) is 11.6 Å². The monoisotopic (exact) mass is 315 g/mol. The van der Waals surface area contributed by atoms with Crippen molar-refractivity contribution in [2.45, 2.75) is 12.1 Å². The lowest BCUT2D eigenvalue weighted by Crippen LogP contribution is -2.13. The number of aromatic amines is 1. The lowest BCUT2D eigenvalue weighted by Gasteiger charge is -1.98.